The van der Waals surface area contributed by atoms with Gasteiger partial charge in [0.1, 0.15) is 5.75 Å². The smallest absolute Gasteiger partial charge is 0.265 e. The summed E-state index contributed by atoms with van der Waals surface area (Å²) in [5.74, 6) is 0.775. The normalized spacial score (nSPS) is 14.1. The molecule has 0 radical (unpaired) electrons. The van der Waals surface area contributed by atoms with Crippen LogP contribution in [-0.4, -0.2) is 28.8 Å². The van der Waals surface area contributed by atoms with Gasteiger partial charge in [0.2, 0.25) is 0 Å². The number of carbonyl (C=O) groups is 1. The standard InChI is InChI=1S/C14H14IN3O2/c1-17-11(4-6-16-17)5-7-18-12-8-10(15)2-3-13(12)20-9-14(18)19/h2-4,6,8H,5,7,9H2,1H3. The largest absolute Gasteiger partial charge is 0.482 e. The molecule has 5 nitrogen and oxygen atoms in total. The van der Waals surface area contributed by atoms with E-state index < -0.39 is 0 Å². The monoisotopic (exact) mass is 383 g/mol. The maximum absolute atomic E-state index is 12.1. The van der Waals surface area contributed by atoms with Crippen LogP contribution in [0.15, 0.2) is 30.5 Å². The molecule has 0 N–H and O–H groups in total. The number of nitrogens with zero attached hydrogens (tertiary/aromatic N) is 3. The van der Waals surface area contributed by atoms with Crippen molar-refractivity contribution in [1.82, 2.24) is 9.78 Å². The van der Waals surface area contributed by atoms with Crippen LogP contribution in [0, 0.1) is 3.57 Å². The first-order valence-corrected chi connectivity index (χ1v) is 7.42. The molecular weight excluding hydrogens is 369 g/mol. The molecule has 0 aliphatic carbocycles. The lowest BCUT2D eigenvalue weighted by Crippen LogP contribution is -2.40. The molecule has 6 heteroatoms. The summed E-state index contributed by atoms with van der Waals surface area (Å²) in [5.41, 5.74) is 1.96. The third-order valence-electron chi connectivity index (χ3n) is 3.38. The van der Waals surface area contributed by atoms with Crippen molar-refractivity contribution in [2.45, 2.75) is 6.42 Å². The van der Waals surface area contributed by atoms with E-state index in [4.69, 9.17) is 4.74 Å². The lowest BCUT2D eigenvalue weighted by Gasteiger charge is -2.29. The predicted molar refractivity (Wildman–Crippen MR) is 83.9 cm³/mol. The summed E-state index contributed by atoms with van der Waals surface area (Å²) in [4.78, 5) is 13.9. The molecule has 1 aromatic heterocycles. The molecule has 0 atom stereocenters. The second kappa shape index (κ2) is 5.43. The number of aryl methyl sites for hydroxylation is 1. The average molecular weight is 383 g/mol. The Morgan fingerprint density at radius 1 is 1.40 bits per heavy atom. The number of rotatable bonds is 3. The van der Waals surface area contributed by atoms with Crippen molar-refractivity contribution in [2.24, 2.45) is 7.05 Å². The van der Waals surface area contributed by atoms with Crippen LogP contribution in [0.3, 0.4) is 0 Å². The molecule has 104 valence electrons. The molecule has 2 aromatic rings. The SMILES string of the molecule is Cn1nccc1CCN1C(=O)COc2ccc(I)cc21. The highest BCUT2D eigenvalue weighted by Gasteiger charge is 2.25. The highest BCUT2D eigenvalue weighted by molar-refractivity contribution is 14.1. The van der Waals surface area contributed by atoms with E-state index in [1.165, 1.54) is 0 Å². The lowest BCUT2D eigenvalue weighted by molar-refractivity contribution is -0.121. The summed E-state index contributed by atoms with van der Waals surface area (Å²) in [6.45, 7) is 0.744. The molecule has 1 aliphatic rings. The van der Waals surface area contributed by atoms with E-state index in [0.29, 0.717) is 6.54 Å². The molecule has 0 saturated carbocycles. The molecule has 2 heterocycles. The van der Waals surface area contributed by atoms with Gasteiger partial charge in [-0.25, -0.2) is 0 Å². The lowest BCUT2D eigenvalue weighted by atomic mass is 10.2. The summed E-state index contributed by atoms with van der Waals surface area (Å²) in [7, 11) is 1.91. The van der Waals surface area contributed by atoms with E-state index >= 15 is 0 Å². The Hall–Kier alpha value is -1.57. The first kappa shape index (κ1) is 13.4. The summed E-state index contributed by atoms with van der Waals surface area (Å²) < 4.78 is 8.39. The minimum absolute atomic E-state index is 0.00154. The second-order valence-electron chi connectivity index (χ2n) is 4.64. The second-order valence-corrected chi connectivity index (χ2v) is 5.89. The highest BCUT2D eigenvalue weighted by atomic mass is 127. The minimum Gasteiger partial charge on any atom is -0.482 e. The van der Waals surface area contributed by atoms with Crippen LogP contribution in [0.2, 0.25) is 0 Å². The number of amides is 1. The first-order valence-electron chi connectivity index (χ1n) is 6.35. The molecule has 1 aliphatic heterocycles. The summed E-state index contributed by atoms with van der Waals surface area (Å²) in [5, 5.41) is 4.15. The number of ether oxygens (including phenoxy) is 1. The Morgan fingerprint density at radius 3 is 3.00 bits per heavy atom. The molecule has 0 bridgehead atoms. The number of aromatic nitrogens is 2. The van der Waals surface area contributed by atoms with E-state index in [2.05, 4.69) is 27.7 Å². The van der Waals surface area contributed by atoms with Gasteiger partial charge in [0.15, 0.2) is 6.61 Å². The third kappa shape index (κ3) is 2.52. The summed E-state index contributed by atoms with van der Waals surface area (Å²) >= 11 is 2.24. The van der Waals surface area contributed by atoms with Gasteiger partial charge in [-0.2, -0.15) is 5.10 Å². The van der Waals surface area contributed by atoms with Crippen LogP contribution in [-0.2, 0) is 18.3 Å². The predicted octanol–water partition coefficient (Wildman–Crippen LogP) is 1.99. The molecule has 0 unspecified atom stereocenters. The van der Waals surface area contributed by atoms with E-state index in [1.807, 2.05) is 36.0 Å². The molecule has 1 aromatic carbocycles. The van der Waals surface area contributed by atoms with Gasteiger partial charge < -0.3 is 9.64 Å². The molecular formula is C14H14IN3O2. The minimum atomic E-state index is 0.00154. The Morgan fingerprint density at radius 2 is 2.25 bits per heavy atom. The zero-order valence-corrected chi connectivity index (χ0v) is 13.2. The molecule has 0 fully saturated rings. The number of carbonyl (C=O) groups excluding carboxylic acids is 1. The van der Waals surface area contributed by atoms with Gasteiger partial charge >= 0.3 is 0 Å². The van der Waals surface area contributed by atoms with Gasteiger partial charge in [-0.3, -0.25) is 9.48 Å². The molecule has 3 rings (SSSR count). The fourth-order valence-electron chi connectivity index (χ4n) is 2.29. The van der Waals surface area contributed by atoms with Crippen LogP contribution >= 0.6 is 22.6 Å². The zero-order chi connectivity index (χ0) is 14.1. The number of anilines is 1. The first-order chi connectivity index (χ1) is 9.65. The van der Waals surface area contributed by atoms with E-state index in [0.717, 1.165) is 27.1 Å². The van der Waals surface area contributed by atoms with E-state index in [9.17, 15) is 4.79 Å². The van der Waals surface area contributed by atoms with Gasteiger partial charge in [0.25, 0.3) is 5.91 Å². The zero-order valence-electron chi connectivity index (χ0n) is 11.0. The van der Waals surface area contributed by atoms with Gasteiger partial charge in [-0.1, -0.05) is 0 Å². The highest BCUT2D eigenvalue weighted by Crippen LogP contribution is 2.33. The van der Waals surface area contributed by atoms with Gasteiger partial charge in [-0.15, -0.1) is 0 Å². The van der Waals surface area contributed by atoms with Crippen molar-refractivity contribution >= 4 is 34.2 Å². The Balaban J connectivity index is 1.84. The van der Waals surface area contributed by atoms with Crippen LogP contribution < -0.4 is 9.64 Å². The topological polar surface area (TPSA) is 47.4 Å². The summed E-state index contributed by atoms with van der Waals surface area (Å²) in [6, 6.07) is 7.85. The average Bonchev–Trinajstić information content (AvgIpc) is 2.83. The Bertz CT molecular complexity index is 654. The van der Waals surface area contributed by atoms with Crippen molar-refractivity contribution < 1.29 is 9.53 Å². The molecule has 1 amide bonds. The van der Waals surface area contributed by atoms with E-state index in [1.54, 1.807) is 11.1 Å². The molecule has 0 saturated heterocycles. The van der Waals surface area contributed by atoms with Crippen molar-refractivity contribution in [3.05, 3.63) is 39.7 Å². The maximum atomic E-state index is 12.1. The molecule has 20 heavy (non-hydrogen) atoms. The van der Waals surface area contributed by atoms with Gasteiger partial charge in [0.05, 0.1) is 5.69 Å². The van der Waals surface area contributed by atoms with Crippen molar-refractivity contribution in [3.63, 3.8) is 0 Å². The third-order valence-corrected chi connectivity index (χ3v) is 4.05. The van der Waals surface area contributed by atoms with Gasteiger partial charge in [-0.05, 0) is 46.9 Å². The fourth-order valence-corrected chi connectivity index (χ4v) is 2.77. The summed E-state index contributed by atoms with van der Waals surface area (Å²) in [6.07, 6.45) is 2.54. The van der Waals surface area contributed by atoms with Crippen LogP contribution in [0.4, 0.5) is 5.69 Å². The fraction of sp³-hybridized carbons (Fsp3) is 0.286. The van der Waals surface area contributed by atoms with Crippen molar-refractivity contribution in [3.8, 4) is 5.75 Å². The van der Waals surface area contributed by atoms with Gasteiger partial charge in [0, 0.05) is 35.5 Å². The van der Waals surface area contributed by atoms with Crippen molar-refractivity contribution in [1.29, 1.82) is 0 Å². The van der Waals surface area contributed by atoms with Crippen LogP contribution in [0.1, 0.15) is 5.69 Å². The van der Waals surface area contributed by atoms with Crippen LogP contribution in [0.5, 0.6) is 5.75 Å². The molecule has 0 spiro atoms. The number of benzene rings is 1. The number of hydrogen-bond acceptors (Lipinski definition) is 3. The Labute approximate surface area is 130 Å². The van der Waals surface area contributed by atoms with E-state index in [-0.39, 0.29) is 12.5 Å². The van der Waals surface area contributed by atoms with Crippen molar-refractivity contribution in [2.75, 3.05) is 18.1 Å². The number of hydrogen-bond donors (Lipinski definition) is 0. The number of fused-ring (bicyclic) bond motifs is 1. The number of halogens is 1. The quantitative estimate of drug-likeness (QED) is 0.762. The Kier molecular flexibility index (Phi) is 3.64. The maximum Gasteiger partial charge on any atom is 0.265 e. The van der Waals surface area contributed by atoms with Crippen LogP contribution in [0.25, 0.3) is 0 Å².